The number of hydrogen-bond acceptors (Lipinski definition) is 7. The van der Waals surface area contributed by atoms with Crippen molar-refractivity contribution in [2.75, 3.05) is 12.3 Å². The van der Waals surface area contributed by atoms with E-state index < -0.39 is 18.3 Å². The number of nitrogens with one attached hydrogen (secondary N) is 1. The van der Waals surface area contributed by atoms with Crippen LogP contribution in [0.1, 0.15) is 0 Å². The number of anilines is 1. The van der Waals surface area contributed by atoms with Crippen molar-refractivity contribution in [3.05, 3.63) is 16.7 Å². The second-order valence-electron chi connectivity index (χ2n) is 4.51. The molecule has 1 saturated heterocycles. The molecule has 0 amide bonds. The smallest absolute Gasteiger partial charge is 0.364 e. The van der Waals surface area contributed by atoms with Crippen molar-refractivity contribution in [2.45, 2.75) is 17.0 Å². The summed E-state index contributed by atoms with van der Waals surface area (Å²) in [5, 5.41) is -1.33. The van der Waals surface area contributed by atoms with Gasteiger partial charge in [0.25, 0.3) is 5.56 Å². The second-order valence-corrected chi connectivity index (χ2v) is 7.87. The number of aromatic nitrogens is 4. The van der Waals surface area contributed by atoms with Gasteiger partial charge in [0.2, 0.25) is 11.1 Å². The van der Waals surface area contributed by atoms with E-state index in [0.29, 0.717) is 12.2 Å². The van der Waals surface area contributed by atoms with Gasteiger partial charge in [0.15, 0.2) is 11.2 Å². The summed E-state index contributed by atoms with van der Waals surface area (Å²) in [6, 6.07) is 0. The van der Waals surface area contributed by atoms with E-state index in [9.17, 15) is 9.36 Å². The molecule has 10 nitrogen and oxygen atoms in total. The molecule has 2 atom stereocenters. The van der Waals surface area contributed by atoms with Crippen molar-refractivity contribution in [3.8, 4) is 0 Å². The first-order valence-corrected chi connectivity index (χ1v) is 8.50. The van der Waals surface area contributed by atoms with Crippen molar-refractivity contribution in [1.82, 2.24) is 19.5 Å². The van der Waals surface area contributed by atoms with Gasteiger partial charge in [0.1, 0.15) is 0 Å². The quantitative estimate of drug-likeness (QED) is 0.533. The van der Waals surface area contributed by atoms with Gasteiger partial charge in [0, 0.05) is 11.8 Å². The molecule has 0 radical (unpaired) electrons. The van der Waals surface area contributed by atoms with E-state index in [2.05, 4.69) is 15.0 Å². The van der Waals surface area contributed by atoms with Gasteiger partial charge in [-0.2, -0.15) is 4.98 Å². The first kappa shape index (κ1) is 14.5. The van der Waals surface area contributed by atoms with Crippen molar-refractivity contribution >= 4 is 36.5 Å². The standard InChI is InChI=1S/C9H12N5O5PS/c10-8-12-6-5(7(15)13-8)11-3-14(6)1-4-2-19-9(21-4)20(16,17)18/h3-4,9H,1-2H2,(H2,16,17,18)(H3,10,12,13,15). The van der Waals surface area contributed by atoms with Gasteiger partial charge in [-0.25, -0.2) is 4.98 Å². The van der Waals surface area contributed by atoms with Crippen LogP contribution >= 0.6 is 19.4 Å². The third-order valence-electron chi connectivity index (χ3n) is 2.90. The molecule has 0 aliphatic carbocycles. The highest BCUT2D eigenvalue weighted by Gasteiger charge is 2.38. The second kappa shape index (κ2) is 5.11. The molecule has 114 valence electrons. The summed E-state index contributed by atoms with van der Waals surface area (Å²) in [5.74, 6) is -0.0160. The summed E-state index contributed by atoms with van der Waals surface area (Å²) in [7, 11) is -4.28. The Morgan fingerprint density at radius 1 is 1.62 bits per heavy atom. The Morgan fingerprint density at radius 2 is 2.38 bits per heavy atom. The van der Waals surface area contributed by atoms with Crippen LogP contribution in [0.15, 0.2) is 11.1 Å². The Morgan fingerprint density at radius 3 is 3.05 bits per heavy atom. The molecular formula is C9H12N5O5PS. The van der Waals surface area contributed by atoms with Crippen LogP contribution in [0.3, 0.4) is 0 Å². The van der Waals surface area contributed by atoms with Crippen LogP contribution in [-0.2, 0) is 15.8 Å². The van der Waals surface area contributed by atoms with Crippen LogP contribution in [0.2, 0.25) is 0 Å². The summed E-state index contributed by atoms with van der Waals surface area (Å²) in [5.41, 5.74) is 5.56. The van der Waals surface area contributed by atoms with Gasteiger partial charge in [-0.05, 0) is 0 Å². The lowest BCUT2D eigenvalue weighted by molar-refractivity contribution is 0.153. The lowest BCUT2D eigenvalue weighted by Crippen LogP contribution is -2.16. The van der Waals surface area contributed by atoms with Crippen LogP contribution in [0.4, 0.5) is 5.95 Å². The fourth-order valence-corrected chi connectivity index (χ4v) is 4.35. The van der Waals surface area contributed by atoms with Gasteiger partial charge in [-0.3, -0.25) is 14.3 Å². The van der Waals surface area contributed by atoms with Gasteiger partial charge in [-0.1, -0.05) is 0 Å². The van der Waals surface area contributed by atoms with E-state index in [1.807, 2.05) is 0 Å². The van der Waals surface area contributed by atoms with Crippen LogP contribution in [0.25, 0.3) is 11.2 Å². The lowest BCUT2D eigenvalue weighted by atomic mass is 10.4. The zero-order chi connectivity index (χ0) is 15.2. The molecule has 0 bridgehead atoms. The van der Waals surface area contributed by atoms with Crippen molar-refractivity contribution in [1.29, 1.82) is 0 Å². The summed E-state index contributed by atoms with van der Waals surface area (Å²) in [6.07, 6.45) is 1.44. The highest BCUT2D eigenvalue weighted by atomic mass is 32.2. The molecule has 21 heavy (non-hydrogen) atoms. The molecule has 2 aromatic rings. The molecule has 3 rings (SSSR count). The van der Waals surface area contributed by atoms with E-state index in [1.165, 1.54) is 6.33 Å². The average Bonchev–Trinajstić information content (AvgIpc) is 2.97. The summed E-state index contributed by atoms with van der Waals surface area (Å²) in [6.45, 7) is 0.548. The highest BCUT2D eigenvalue weighted by Crippen LogP contribution is 2.52. The SMILES string of the molecule is Nc1nc2c(ncn2CC2COC(P(=O)(O)O)S2)c(=O)[nH]1. The van der Waals surface area contributed by atoms with E-state index in [4.69, 9.17) is 20.3 Å². The predicted octanol–water partition coefficient (Wildman–Crippen LogP) is -0.705. The number of hydrogen-bond donors (Lipinski definition) is 4. The van der Waals surface area contributed by atoms with Crippen molar-refractivity contribution in [2.24, 2.45) is 0 Å². The number of H-pyrrole nitrogens is 1. The number of imidazole rings is 1. The maximum Gasteiger partial charge on any atom is 0.364 e. The monoisotopic (exact) mass is 333 g/mol. The Kier molecular flexibility index (Phi) is 3.54. The summed E-state index contributed by atoms with van der Waals surface area (Å²) < 4.78 is 17.8. The largest absolute Gasteiger partial charge is 0.369 e. The van der Waals surface area contributed by atoms with Crippen LogP contribution < -0.4 is 11.3 Å². The van der Waals surface area contributed by atoms with Crippen molar-refractivity contribution < 1.29 is 19.1 Å². The number of ether oxygens (including phenoxy) is 1. The molecular weight excluding hydrogens is 321 g/mol. The van der Waals surface area contributed by atoms with E-state index in [0.717, 1.165) is 11.8 Å². The number of aromatic amines is 1. The van der Waals surface area contributed by atoms with E-state index in [-0.39, 0.29) is 23.3 Å². The zero-order valence-corrected chi connectivity index (χ0v) is 12.3. The van der Waals surface area contributed by atoms with Gasteiger partial charge in [0.05, 0.1) is 12.9 Å². The first-order chi connectivity index (χ1) is 9.84. The Bertz CT molecular complexity index is 784. The minimum atomic E-state index is -4.28. The highest BCUT2D eigenvalue weighted by molar-refractivity contribution is 8.05. The topological polar surface area (TPSA) is 156 Å². The minimum absolute atomic E-state index is 0.0160. The first-order valence-electron chi connectivity index (χ1n) is 5.87. The fourth-order valence-electron chi connectivity index (χ4n) is 2.03. The van der Waals surface area contributed by atoms with Crippen LogP contribution in [0, 0.1) is 0 Å². The van der Waals surface area contributed by atoms with E-state index >= 15 is 0 Å². The van der Waals surface area contributed by atoms with Gasteiger partial charge >= 0.3 is 7.60 Å². The van der Waals surface area contributed by atoms with Gasteiger partial charge in [-0.15, -0.1) is 11.8 Å². The molecule has 2 aromatic heterocycles. The number of thioether (sulfide) groups is 1. The summed E-state index contributed by atoms with van der Waals surface area (Å²) in [4.78, 5) is 40.1. The third-order valence-corrected chi connectivity index (χ3v) is 5.83. The average molecular weight is 333 g/mol. The van der Waals surface area contributed by atoms with Crippen molar-refractivity contribution in [3.63, 3.8) is 0 Å². The van der Waals surface area contributed by atoms with E-state index in [1.54, 1.807) is 4.57 Å². The fraction of sp³-hybridized carbons (Fsp3) is 0.444. The molecule has 0 aromatic carbocycles. The lowest BCUT2D eigenvalue weighted by Gasteiger charge is -2.11. The molecule has 12 heteroatoms. The Hall–Kier alpha value is -1.39. The molecule has 5 N–H and O–H groups in total. The number of nitrogen functional groups attached to an aromatic ring is 1. The third kappa shape index (κ3) is 2.83. The summed E-state index contributed by atoms with van der Waals surface area (Å²) >= 11 is 1.05. The Balaban J connectivity index is 1.84. The molecule has 2 unspecified atom stereocenters. The molecule has 0 spiro atoms. The minimum Gasteiger partial charge on any atom is -0.369 e. The number of nitrogens with two attached hydrogens (primary N) is 1. The molecule has 1 aliphatic heterocycles. The molecule has 1 fully saturated rings. The van der Waals surface area contributed by atoms with Crippen LogP contribution in [0.5, 0.6) is 0 Å². The molecule has 1 aliphatic rings. The number of fused-ring (bicyclic) bond motifs is 1. The number of rotatable bonds is 3. The Labute approximate surface area is 121 Å². The molecule has 0 saturated carbocycles. The van der Waals surface area contributed by atoms with Crippen LogP contribution in [-0.4, -0.2) is 46.3 Å². The van der Waals surface area contributed by atoms with Gasteiger partial charge < -0.3 is 24.8 Å². The maximum atomic E-state index is 11.6. The maximum absolute atomic E-state index is 11.6. The molecule has 3 heterocycles. The zero-order valence-electron chi connectivity index (χ0n) is 10.5. The predicted molar refractivity (Wildman–Crippen MR) is 75.7 cm³/mol. The number of nitrogens with zero attached hydrogens (tertiary/aromatic N) is 3. The normalized spacial score (nSPS) is 23.0.